The van der Waals surface area contributed by atoms with E-state index in [9.17, 15) is 13.2 Å². The third-order valence-corrected chi connectivity index (χ3v) is 3.42. The molecule has 0 aliphatic heterocycles. The second kappa shape index (κ2) is 7.90. The first-order valence-electron chi connectivity index (χ1n) is 7.65. The Morgan fingerprint density at radius 3 is 2.63 bits per heavy atom. The maximum Gasteiger partial charge on any atom is 0.416 e. The molecule has 2 aromatic heterocycles. The first kappa shape index (κ1) is 20.0. The number of H-pyrrole nitrogens is 1. The number of alkyl halides is 3. The number of allylic oxidation sites excluding steroid dienone is 5. The molecular weight excluding hydrogens is 363 g/mol. The van der Waals surface area contributed by atoms with Crippen molar-refractivity contribution in [1.82, 2.24) is 20.4 Å². The monoisotopic (exact) mass is 379 g/mol. The minimum absolute atomic E-state index is 0.0205. The van der Waals surface area contributed by atoms with Gasteiger partial charge in [-0.05, 0) is 31.6 Å². The zero-order valence-corrected chi connectivity index (χ0v) is 14.8. The van der Waals surface area contributed by atoms with Gasteiger partial charge in [0, 0.05) is 6.92 Å². The molecule has 0 saturated heterocycles. The molecule has 2 aromatic rings. The smallest absolute Gasteiger partial charge is 0.416 e. The lowest BCUT2D eigenvalue weighted by Crippen LogP contribution is -2.11. The third kappa shape index (κ3) is 5.07. The van der Waals surface area contributed by atoms with Gasteiger partial charge in [-0.25, -0.2) is 10.1 Å². The molecule has 0 fully saturated rings. The standard InChI is InChI=1S/C17H16F3N5O2/c1-9(16-14(7-21)23-25-24-16)5-13(17(18,19)20)6-10(2)26-8-15-11(3)27-12(4)22-15/h5-6H,1,8H2,2-4H3,(H,23,24,25)/b10-6+,13-5+. The highest BCUT2D eigenvalue weighted by Gasteiger charge is 2.33. The molecule has 0 unspecified atom stereocenters. The summed E-state index contributed by atoms with van der Waals surface area (Å²) in [5.74, 6) is 1.00. The fraction of sp³-hybridized carbons (Fsp3) is 0.294. The van der Waals surface area contributed by atoms with Crippen LogP contribution in [0.25, 0.3) is 5.57 Å². The summed E-state index contributed by atoms with van der Waals surface area (Å²) in [6.45, 7) is 8.24. The van der Waals surface area contributed by atoms with E-state index in [1.165, 1.54) is 6.92 Å². The van der Waals surface area contributed by atoms with Crippen molar-refractivity contribution in [1.29, 1.82) is 5.26 Å². The highest BCUT2D eigenvalue weighted by Crippen LogP contribution is 2.30. The van der Waals surface area contributed by atoms with Crippen molar-refractivity contribution >= 4 is 5.57 Å². The predicted molar refractivity (Wildman–Crippen MR) is 88.8 cm³/mol. The Kier molecular flexibility index (Phi) is 5.85. The molecule has 0 radical (unpaired) electrons. The Balaban J connectivity index is 2.23. The minimum atomic E-state index is -4.66. The minimum Gasteiger partial charge on any atom is -0.492 e. The zero-order chi connectivity index (χ0) is 20.2. The first-order valence-corrected chi connectivity index (χ1v) is 7.65. The number of nitriles is 1. The first-order chi connectivity index (χ1) is 12.6. The molecular formula is C17H16F3N5O2. The topological polar surface area (TPSA) is 101 Å². The summed E-state index contributed by atoms with van der Waals surface area (Å²) in [4.78, 5) is 4.09. The van der Waals surface area contributed by atoms with Crippen LogP contribution < -0.4 is 0 Å². The van der Waals surface area contributed by atoms with Gasteiger partial charge >= 0.3 is 6.18 Å². The van der Waals surface area contributed by atoms with Crippen molar-refractivity contribution < 1.29 is 22.3 Å². The van der Waals surface area contributed by atoms with E-state index in [2.05, 4.69) is 27.0 Å². The van der Waals surface area contributed by atoms with E-state index in [-0.39, 0.29) is 29.3 Å². The van der Waals surface area contributed by atoms with Crippen LogP contribution in [0, 0.1) is 25.2 Å². The Bertz CT molecular complexity index is 945. The Morgan fingerprint density at radius 2 is 2.07 bits per heavy atom. The van der Waals surface area contributed by atoms with Gasteiger partial charge in [0.2, 0.25) is 0 Å². The number of aromatic nitrogens is 4. The van der Waals surface area contributed by atoms with Crippen molar-refractivity contribution in [2.75, 3.05) is 0 Å². The summed E-state index contributed by atoms with van der Waals surface area (Å²) < 4.78 is 50.6. The fourth-order valence-electron chi connectivity index (χ4n) is 2.14. The molecule has 2 rings (SSSR count). The van der Waals surface area contributed by atoms with Crippen LogP contribution in [0.4, 0.5) is 13.2 Å². The van der Waals surface area contributed by atoms with Gasteiger partial charge in [0.05, 0.1) is 11.3 Å². The number of ether oxygens (including phenoxy) is 1. The van der Waals surface area contributed by atoms with E-state index >= 15 is 0 Å². The Hall–Kier alpha value is -3.35. The molecule has 0 aliphatic rings. The highest BCUT2D eigenvalue weighted by molar-refractivity contribution is 5.73. The van der Waals surface area contributed by atoms with Crippen LogP contribution in [0.1, 0.15) is 35.7 Å². The molecule has 27 heavy (non-hydrogen) atoms. The van der Waals surface area contributed by atoms with Crippen LogP contribution in [0.3, 0.4) is 0 Å². The lowest BCUT2D eigenvalue weighted by molar-refractivity contribution is -0.0884. The van der Waals surface area contributed by atoms with Gasteiger partial charge in [-0.1, -0.05) is 11.8 Å². The van der Waals surface area contributed by atoms with E-state index in [4.69, 9.17) is 14.4 Å². The van der Waals surface area contributed by atoms with Crippen LogP contribution in [-0.4, -0.2) is 26.6 Å². The number of aryl methyl sites for hydroxylation is 2. The molecule has 142 valence electrons. The summed E-state index contributed by atoms with van der Waals surface area (Å²) in [7, 11) is 0. The van der Waals surface area contributed by atoms with Gasteiger partial charge < -0.3 is 9.15 Å². The van der Waals surface area contributed by atoms with Crippen molar-refractivity contribution in [3.8, 4) is 6.07 Å². The number of hydrogen-bond donors (Lipinski definition) is 1. The van der Waals surface area contributed by atoms with E-state index in [0.717, 1.165) is 12.2 Å². The third-order valence-electron chi connectivity index (χ3n) is 3.42. The Labute approximate surface area is 152 Å². The second-order valence-electron chi connectivity index (χ2n) is 5.55. The molecule has 2 heterocycles. The van der Waals surface area contributed by atoms with Crippen LogP contribution in [0.2, 0.25) is 0 Å². The molecule has 10 heteroatoms. The number of nitrogens with one attached hydrogen (secondary N) is 1. The lowest BCUT2D eigenvalue weighted by atomic mass is 10.1. The van der Waals surface area contributed by atoms with E-state index in [1.807, 2.05) is 0 Å². The Morgan fingerprint density at radius 1 is 1.37 bits per heavy atom. The number of rotatable bonds is 6. The lowest BCUT2D eigenvalue weighted by Gasteiger charge is -2.11. The van der Waals surface area contributed by atoms with Crippen LogP contribution >= 0.6 is 0 Å². The zero-order valence-electron chi connectivity index (χ0n) is 14.8. The number of oxazole rings is 1. The molecule has 0 saturated carbocycles. The van der Waals surface area contributed by atoms with Crippen molar-refractivity contribution in [2.24, 2.45) is 0 Å². The molecule has 0 aliphatic carbocycles. The van der Waals surface area contributed by atoms with Gasteiger partial charge in [0.1, 0.15) is 29.8 Å². The number of halogens is 3. The van der Waals surface area contributed by atoms with E-state index < -0.39 is 11.7 Å². The van der Waals surface area contributed by atoms with Crippen molar-refractivity contribution in [3.63, 3.8) is 0 Å². The number of aromatic amines is 1. The van der Waals surface area contributed by atoms with E-state index in [0.29, 0.717) is 17.3 Å². The summed E-state index contributed by atoms with van der Waals surface area (Å²) in [6.07, 6.45) is -3.05. The molecule has 7 nitrogen and oxygen atoms in total. The molecule has 0 amide bonds. The normalized spacial score (nSPS) is 12.8. The number of hydrogen-bond acceptors (Lipinski definition) is 6. The molecule has 0 spiro atoms. The molecule has 0 atom stereocenters. The van der Waals surface area contributed by atoms with Gasteiger partial charge in [-0.2, -0.15) is 18.4 Å². The van der Waals surface area contributed by atoms with Crippen LogP contribution in [0.5, 0.6) is 0 Å². The summed E-state index contributed by atoms with van der Waals surface area (Å²) >= 11 is 0. The largest absolute Gasteiger partial charge is 0.492 e. The quantitative estimate of drug-likeness (QED) is 0.603. The van der Waals surface area contributed by atoms with E-state index in [1.54, 1.807) is 19.9 Å². The SMILES string of the molecule is C=C(/C=C(\C=C(/C)OCc1nc(C)oc1C)C(F)(F)F)c1nn[nH]c1C#N. The number of nitrogens with zero attached hydrogens (tertiary/aromatic N) is 4. The molecule has 0 bridgehead atoms. The van der Waals surface area contributed by atoms with Gasteiger partial charge in [0.15, 0.2) is 11.6 Å². The fourth-order valence-corrected chi connectivity index (χ4v) is 2.14. The van der Waals surface area contributed by atoms with Gasteiger partial charge in [-0.3, -0.25) is 0 Å². The highest BCUT2D eigenvalue weighted by atomic mass is 19.4. The maximum absolute atomic E-state index is 13.3. The predicted octanol–water partition coefficient (Wildman–Crippen LogP) is 3.90. The molecule has 0 aromatic carbocycles. The van der Waals surface area contributed by atoms with Crippen molar-refractivity contribution in [3.05, 3.63) is 58.8 Å². The van der Waals surface area contributed by atoms with Crippen LogP contribution in [0.15, 0.2) is 34.5 Å². The van der Waals surface area contributed by atoms with Gasteiger partial charge in [0.25, 0.3) is 0 Å². The van der Waals surface area contributed by atoms with Crippen molar-refractivity contribution in [2.45, 2.75) is 33.6 Å². The molecule has 1 N–H and O–H groups in total. The summed E-state index contributed by atoms with van der Waals surface area (Å²) in [5.41, 5.74) is -0.750. The summed E-state index contributed by atoms with van der Waals surface area (Å²) in [6, 6.07) is 1.75. The maximum atomic E-state index is 13.3. The second-order valence-corrected chi connectivity index (χ2v) is 5.55. The average Bonchev–Trinajstić information content (AvgIpc) is 3.17. The van der Waals surface area contributed by atoms with Crippen LogP contribution in [-0.2, 0) is 11.3 Å². The van der Waals surface area contributed by atoms with Gasteiger partial charge in [-0.15, -0.1) is 5.10 Å². The summed E-state index contributed by atoms with van der Waals surface area (Å²) in [5, 5.41) is 18.2. The average molecular weight is 379 g/mol.